The van der Waals surface area contributed by atoms with E-state index in [1.165, 1.54) is 27.8 Å². The van der Waals surface area contributed by atoms with E-state index in [-0.39, 0.29) is 5.41 Å². The molecule has 116 valence electrons. The molecule has 0 amide bonds. The zero-order valence-electron chi connectivity index (χ0n) is 13.8. The van der Waals surface area contributed by atoms with Gasteiger partial charge < -0.3 is 0 Å². The van der Waals surface area contributed by atoms with Gasteiger partial charge in [0.15, 0.2) is 0 Å². The highest BCUT2D eigenvalue weighted by atomic mass is 79.9. The van der Waals surface area contributed by atoms with Crippen LogP contribution in [0.4, 0.5) is 0 Å². The fourth-order valence-corrected chi connectivity index (χ4v) is 3.44. The molecule has 0 heterocycles. The van der Waals surface area contributed by atoms with Crippen molar-refractivity contribution in [2.24, 2.45) is 0 Å². The quantitative estimate of drug-likeness (QED) is 0.482. The molecule has 3 aromatic carbocycles. The van der Waals surface area contributed by atoms with E-state index in [1.807, 2.05) is 0 Å². The van der Waals surface area contributed by atoms with Crippen LogP contribution in [-0.4, -0.2) is 0 Å². The van der Waals surface area contributed by atoms with E-state index in [0.29, 0.717) is 0 Å². The Morgan fingerprint density at radius 3 is 2.17 bits per heavy atom. The number of hydrogen-bond donors (Lipinski definition) is 0. The lowest BCUT2D eigenvalue weighted by atomic mass is 9.77. The van der Waals surface area contributed by atoms with Gasteiger partial charge in [-0.05, 0) is 41.3 Å². The Morgan fingerprint density at radius 2 is 1.48 bits per heavy atom. The molecule has 0 N–H and O–H groups in total. The zero-order chi connectivity index (χ0) is 16.4. The second-order valence-corrected chi connectivity index (χ2v) is 7.41. The molecule has 0 unspecified atom stereocenters. The van der Waals surface area contributed by atoms with E-state index in [4.69, 9.17) is 0 Å². The first kappa shape index (κ1) is 16.0. The molecular weight excluding hydrogens is 344 g/mol. The van der Waals surface area contributed by atoms with Crippen LogP contribution >= 0.6 is 15.9 Å². The molecule has 0 aromatic heterocycles. The van der Waals surface area contributed by atoms with Gasteiger partial charge in [-0.3, -0.25) is 0 Å². The monoisotopic (exact) mass is 364 g/mol. The summed E-state index contributed by atoms with van der Waals surface area (Å²) in [6, 6.07) is 26.0. The van der Waals surface area contributed by atoms with Crippen molar-refractivity contribution < 1.29 is 0 Å². The molecule has 23 heavy (non-hydrogen) atoms. The highest BCUT2D eigenvalue weighted by Gasteiger charge is 2.23. The van der Waals surface area contributed by atoms with Crippen molar-refractivity contribution in [3.63, 3.8) is 0 Å². The van der Waals surface area contributed by atoms with Gasteiger partial charge in [-0.15, -0.1) is 0 Å². The normalized spacial score (nSPS) is 11.5. The largest absolute Gasteiger partial charge is 0.0622 e. The van der Waals surface area contributed by atoms with Crippen molar-refractivity contribution in [1.29, 1.82) is 0 Å². The Kier molecular flexibility index (Phi) is 4.41. The molecule has 1 heteroatoms. The van der Waals surface area contributed by atoms with Crippen molar-refractivity contribution in [2.75, 3.05) is 0 Å². The summed E-state index contributed by atoms with van der Waals surface area (Å²) in [5.41, 5.74) is 6.40. The third-order valence-electron chi connectivity index (χ3n) is 4.51. The molecule has 0 saturated heterocycles. The second kappa shape index (κ2) is 6.33. The number of aryl methyl sites for hydroxylation is 1. The Morgan fingerprint density at radius 1 is 0.739 bits per heavy atom. The van der Waals surface area contributed by atoms with E-state index in [9.17, 15) is 0 Å². The summed E-state index contributed by atoms with van der Waals surface area (Å²) in [5.74, 6) is 0. The summed E-state index contributed by atoms with van der Waals surface area (Å²) in [5, 5.41) is 0. The van der Waals surface area contributed by atoms with Gasteiger partial charge in [0.2, 0.25) is 0 Å². The molecule has 0 bridgehead atoms. The second-order valence-electron chi connectivity index (χ2n) is 6.56. The number of hydrogen-bond acceptors (Lipinski definition) is 0. The van der Waals surface area contributed by atoms with Crippen molar-refractivity contribution in [1.82, 2.24) is 0 Å². The first-order valence-corrected chi connectivity index (χ1v) is 8.70. The lowest BCUT2D eigenvalue weighted by Crippen LogP contribution is -2.18. The third kappa shape index (κ3) is 3.25. The standard InChI is InChI=1S/C22H21Br/c1-16-8-7-9-17(14-16)20-15-19(12-13-21(20)23)22(2,3)18-10-5-4-6-11-18/h4-15H,1-3H3. The molecule has 3 rings (SSSR count). The predicted molar refractivity (Wildman–Crippen MR) is 103 cm³/mol. The number of benzene rings is 3. The number of halogens is 1. The van der Waals surface area contributed by atoms with Crippen LogP contribution in [0.1, 0.15) is 30.5 Å². The summed E-state index contributed by atoms with van der Waals surface area (Å²) in [4.78, 5) is 0. The van der Waals surface area contributed by atoms with Crippen molar-refractivity contribution in [2.45, 2.75) is 26.2 Å². The molecule has 0 atom stereocenters. The van der Waals surface area contributed by atoms with Gasteiger partial charge in [-0.25, -0.2) is 0 Å². The average Bonchev–Trinajstić information content (AvgIpc) is 2.56. The molecular formula is C22H21Br. The van der Waals surface area contributed by atoms with Crippen LogP contribution in [0.5, 0.6) is 0 Å². The van der Waals surface area contributed by atoms with E-state index in [0.717, 1.165) is 4.47 Å². The minimum absolute atomic E-state index is 0.0272. The highest BCUT2D eigenvalue weighted by molar-refractivity contribution is 9.10. The van der Waals surface area contributed by atoms with Crippen LogP contribution in [0, 0.1) is 6.92 Å². The molecule has 0 spiro atoms. The average molecular weight is 365 g/mol. The van der Waals surface area contributed by atoms with Gasteiger partial charge in [0.05, 0.1) is 0 Å². The maximum Gasteiger partial charge on any atom is 0.0253 e. The van der Waals surface area contributed by atoms with Gasteiger partial charge in [-0.2, -0.15) is 0 Å². The topological polar surface area (TPSA) is 0 Å². The third-order valence-corrected chi connectivity index (χ3v) is 5.20. The summed E-state index contributed by atoms with van der Waals surface area (Å²) >= 11 is 3.71. The predicted octanol–water partition coefficient (Wildman–Crippen LogP) is 6.75. The molecule has 0 saturated carbocycles. The molecule has 0 aliphatic heterocycles. The zero-order valence-corrected chi connectivity index (χ0v) is 15.4. The smallest absolute Gasteiger partial charge is 0.0253 e. The Labute approximate surface area is 147 Å². The first-order chi connectivity index (χ1) is 11.0. The first-order valence-electron chi connectivity index (χ1n) is 7.91. The Hall–Kier alpha value is -1.86. The van der Waals surface area contributed by atoms with E-state index < -0.39 is 0 Å². The van der Waals surface area contributed by atoms with Gasteiger partial charge in [-0.1, -0.05) is 96.0 Å². The summed E-state index contributed by atoms with van der Waals surface area (Å²) < 4.78 is 1.13. The van der Waals surface area contributed by atoms with Crippen molar-refractivity contribution in [3.8, 4) is 11.1 Å². The number of rotatable bonds is 3. The van der Waals surface area contributed by atoms with E-state index >= 15 is 0 Å². The summed E-state index contributed by atoms with van der Waals surface area (Å²) in [7, 11) is 0. The van der Waals surface area contributed by atoms with Gasteiger partial charge in [0.1, 0.15) is 0 Å². The van der Waals surface area contributed by atoms with Crippen LogP contribution in [0.15, 0.2) is 77.3 Å². The Bertz CT molecular complexity index is 816. The van der Waals surface area contributed by atoms with Crippen LogP contribution in [0.2, 0.25) is 0 Å². The summed E-state index contributed by atoms with van der Waals surface area (Å²) in [6.45, 7) is 6.70. The molecule has 0 radical (unpaired) electrons. The van der Waals surface area contributed by atoms with Crippen molar-refractivity contribution >= 4 is 15.9 Å². The van der Waals surface area contributed by atoms with Gasteiger partial charge >= 0.3 is 0 Å². The minimum Gasteiger partial charge on any atom is -0.0622 e. The molecule has 0 fully saturated rings. The minimum atomic E-state index is -0.0272. The molecule has 0 aliphatic rings. The van der Waals surface area contributed by atoms with Crippen LogP contribution in [0.3, 0.4) is 0 Å². The van der Waals surface area contributed by atoms with Gasteiger partial charge in [0.25, 0.3) is 0 Å². The highest BCUT2D eigenvalue weighted by Crippen LogP contribution is 2.37. The van der Waals surface area contributed by atoms with E-state index in [1.54, 1.807) is 0 Å². The maximum atomic E-state index is 3.71. The van der Waals surface area contributed by atoms with Crippen LogP contribution in [-0.2, 0) is 5.41 Å². The van der Waals surface area contributed by atoms with Crippen molar-refractivity contribution in [3.05, 3.63) is 94.0 Å². The van der Waals surface area contributed by atoms with Gasteiger partial charge in [0, 0.05) is 9.89 Å². The van der Waals surface area contributed by atoms with Crippen LogP contribution in [0.25, 0.3) is 11.1 Å². The fourth-order valence-electron chi connectivity index (χ4n) is 2.97. The summed E-state index contributed by atoms with van der Waals surface area (Å²) in [6.07, 6.45) is 0. The lowest BCUT2D eigenvalue weighted by Gasteiger charge is -2.27. The molecule has 3 aromatic rings. The van der Waals surface area contributed by atoms with Crippen LogP contribution < -0.4 is 0 Å². The molecule has 0 nitrogen and oxygen atoms in total. The maximum absolute atomic E-state index is 3.71. The molecule has 0 aliphatic carbocycles. The van der Waals surface area contributed by atoms with E-state index in [2.05, 4.69) is 109 Å². The Balaban J connectivity index is 2.11. The lowest BCUT2D eigenvalue weighted by molar-refractivity contribution is 0.641. The SMILES string of the molecule is Cc1cccc(-c2cc(C(C)(C)c3ccccc3)ccc2Br)c1. The fraction of sp³-hybridized carbons (Fsp3) is 0.182.